The minimum Gasteiger partial charge on any atom is -0.494 e. The summed E-state index contributed by atoms with van der Waals surface area (Å²) in [6.45, 7) is 2.71. The third kappa shape index (κ3) is 4.99. The molecule has 0 bridgehead atoms. The van der Waals surface area contributed by atoms with Crippen molar-refractivity contribution in [3.63, 3.8) is 0 Å². The molecule has 0 saturated carbocycles. The van der Waals surface area contributed by atoms with Crippen molar-refractivity contribution in [2.24, 2.45) is 0 Å². The lowest BCUT2D eigenvalue weighted by Gasteiger charge is -2.05. The van der Waals surface area contributed by atoms with Crippen LogP contribution in [0.15, 0.2) is 24.3 Å². The van der Waals surface area contributed by atoms with Crippen molar-refractivity contribution >= 4 is 22.7 Å². The lowest BCUT2D eigenvalue weighted by Crippen LogP contribution is -2.43. The number of unbranched alkanes of at least 4 members (excludes halogenated alkanes) is 2. The second-order valence-electron chi connectivity index (χ2n) is 5.42. The molecule has 3 N–H and O–H groups in total. The molecule has 0 atom stereocenters. The molecule has 2 rings (SSSR count). The molecule has 1 aromatic heterocycles. The van der Waals surface area contributed by atoms with E-state index in [1.54, 1.807) is 6.07 Å². The predicted octanol–water partition coefficient (Wildman–Crippen LogP) is 2.14. The van der Waals surface area contributed by atoms with Gasteiger partial charge in [-0.25, -0.2) is 0 Å². The first-order valence-electron chi connectivity index (χ1n) is 7.97. The molecule has 0 radical (unpaired) electrons. The summed E-state index contributed by atoms with van der Waals surface area (Å²) in [6, 6.07) is 7.35. The number of nitrogens with one attached hydrogen (secondary N) is 3. The van der Waals surface area contributed by atoms with Gasteiger partial charge in [0.2, 0.25) is 0 Å². The summed E-state index contributed by atoms with van der Waals surface area (Å²) in [4.78, 5) is 26.3. The van der Waals surface area contributed by atoms with Crippen LogP contribution < -0.4 is 15.6 Å². The van der Waals surface area contributed by atoms with Gasteiger partial charge in [0.25, 0.3) is 11.8 Å². The Labute approximate surface area is 140 Å². The van der Waals surface area contributed by atoms with Gasteiger partial charge in [-0.05, 0) is 24.6 Å². The standard InChI is InChI=1S/C17H23N3O4/c1-3-4-5-8-24-13-7-6-12-9-15(18-14(12)10-13)17(22)20-19-16(21)11-23-2/h6-7,9-10,18H,3-5,8,11H2,1-2H3,(H,19,21)(H,20,22). The Bertz CT molecular complexity index is 696. The molecule has 0 spiro atoms. The van der Waals surface area contributed by atoms with E-state index in [2.05, 4.69) is 27.5 Å². The molecule has 0 fully saturated rings. The van der Waals surface area contributed by atoms with Crippen LogP contribution in [0.5, 0.6) is 5.75 Å². The van der Waals surface area contributed by atoms with E-state index in [-0.39, 0.29) is 6.61 Å². The highest BCUT2D eigenvalue weighted by molar-refractivity contribution is 5.99. The van der Waals surface area contributed by atoms with Gasteiger partial charge in [0.15, 0.2) is 0 Å². The number of H-pyrrole nitrogens is 1. The number of benzene rings is 1. The number of amides is 2. The maximum atomic E-state index is 12.0. The Morgan fingerprint density at radius 1 is 1.17 bits per heavy atom. The number of carbonyl (C=O) groups excluding carboxylic acids is 2. The van der Waals surface area contributed by atoms with E-state index in [9.17, 15) is 9.59 Å². The molecule has 0 aliphatic rings. The zero-order chi connectivity index (χ0) is 17.4. The van der Waals surface area contributed by atoms with Crippen molar-refractivity contribution in [1.29, 1.82) is 0 Å². The van der Waals surface area contributed by atoms with Gasteiger partial charge in [0, 0.05) is 24.1 Å². The van der Waals surface area contributed by atoms with Gasteiger partial charge in [0.1, 0.15) is 18.1 Å². The smallest absolute Gasteiger partial charge is 0.286 e. The molecule has 1 heterocycles. The second-order valence-corrected chi connectivity index (χ2v) is 5.42. The van der Waals surface area contributed by atoms with Crippen molar-refractivity contribution in [1.82, 2.24) is 15.8 Å². The monoisotopic (exact) mass is 333 g/mol. The molecular formula is C17H23N3O4. The largest absolute Gasteiger partial charge is 0.494 e. The number of carbonyl (C=O) groups is 2. The molecule has 0 aliphatic carbocycles. The van der Waals surface area contributed by atoms with Crippen LogP contribution in [0.2, 0.25) is 0 Å². The number of methoxy groups -OCH3 is 1. The van der Waals surface area contributed by atoms with Crippen molar-refractivity contribution in [2.45, 2.75) is 26.2 Å². The van der Waals surface area contributed by atoms with E-state index in [0.717, 1.165) is 35.9 Å². The van der Waals surface area contributed by atoms with Crippen molar-refractivity contribution in [2.75, 3.05) is 20.3 Å². The maximum Gasteiger partial charge on any atom is 0.286 e. The first-order chi connectivity index (χ1) is 11.6. The Kier molecular flexibility index (Phi) is 6.62. The number of hydrogen-bond donors (Lipinski definition) is 3. The topological polar surface area (TPSA) is 92.5 Å². The van der Waals surface area contributed by atoms with Crippen LogP contribution >= 0.6 is 0 Å². The average molecular weight is 333 g/mol. The van der Waals surface area contributed by atoms with Gasteiger partial charge in [-0.2, -0.15) is 0 Å². The highest BCUT2D eigenvalue weighted by atomic mass is 16.5. The number of rotatable bonds is 8. The Morgan fingerprint density at radius 2 is 2.00 bits per heavy atom. The summed E-state index contributed by atoms with van der Waals surface area (Å²) in [5.74, 6) is -0.0911. The lowest BCUT2D eigenvalue weighted by atomic mass is 10.2. The van der Waals surface area contributed by atoms with Crippen LogP contribution in [-0.2, 0) is 9.53 Å². The van der Waals surface area contributed by atoms with E-state index >= 15 is 0 Å². The fourth-order valence-corrected chi connectivity index (χ4v) is 2.22. The first-order valence-corrected chi connectivity index (χ1v) is 7.97. The molecule has 7 nitrogen and oxygen atoms in total. The molecule has 2 aromatic rings. The molecule has 2 amide bonds. The number of fused-ring (bicyclic) bond motifs is 1. The van der Waals surface area contributed by atoms with Gasteiger partial charge < -0.3 is 14.5 Å². The third-order valence-corrected chi connectivity index (χ3v) is 3.45. The molecule has 24 heavy (non-hydrogen) atoms. The summed E-state index contributed by atoms with van der Waals surface area (Å²) < 4.78 is 10.4. The van der Waals surface area contributed by atoms with Crippen LogP contribution in [-0.4, -0.2) is 37.1 Å². The molecule has 0 saturated heterocycles. The number of ether oxygens (including phenoxy) is 2. The summed E-state index contributed by atoms with van der Waals surface area (Å²) in [5.41, 5.74) is 5.75. The van der Waals surface area contributed by atoms with Gasteiger partial charge >= 0.3 is 0 Å². The van der Waals surface area contributed by atoms with Crippen LogP contribution in [0.4, 0.5) is 0 Å². The summed E-state index contributed by atoms with van der Waals surface area (Å²) >= 11 is 0. The van der Waals surface area contributed by atoms with Gasteiger partial charge in [-0.1, -0.05) is 19.8 Å². The zero-order valence-electron chi connectivity index (χ0n) is 14.0. The zero-order valence-corrected chi connectivity index (χ0v) is 14.0. The average Bonchev–Trinajstić information content (AvgIpc) is 3.00. The van der Waals surface area contributed by atoms with Crippen molar-refractivity contribution in [3.8, 4) is 5.75 Å². The number of hydrogen-bond acceptors (Lipinski definition) is 4. The number of aromatic nitrogens is 1. The maximum absolute atomic E-state index is 12.0. The summed E-state index contributed by atoms with van der Waals surface area (Å²) in [6.07, 6.45) is 3.32. The fraction of sp³-hybridized carbons (Fsp3) is 0.412. The Balaban J connectivity index is 1.97. The van der Waals surface area contributed by atoms with E-state index in [1.165, 1.54) is 7.11 Å². The van der Waals surface area contributed by atoms with Gasteiger partial charge in [-0.3, -0.25) is 20.4 Å². The second kappa shape index (κ2) is 8.93. The molecule has 130 valence electrons. The van der Waals surface area contributed by atoms with Crippen LogP contribution in [0.1, 0.15) is 36.7 Å². The van der Waals surface area contributed by atoms with Crippen LogP contribution in [0.3, 0.4) is 0 Å². The Morgan fingerprint density at radius 3 is 2.75 bits per heavy atom. The first kappa shape index (κ1) is 17.8. The number of hydrazine groups is 1. The Hall–Kier alpha value is -2.54. The van der Waals surface area contributed by atoms with E-state index < -0.39 is 11.8 Å². The fourth-order valence-electron chi connectivity index (χ4n) is 2.22. The molecule has 7 heteroatoms. The molecular weight excluding hydrogens is 310 g/mol. The normalized spacial score (nSPS) is 10.6. The lowest BCUT2D eigenvalue weighted by molar-refractivity contribution is -0.125. The highest BCUT2D eigenvalue weighted by Crippen LogP contribution is 2.21. The summed E-state index contributed by atoms with van der Waals surface area (Å²) in [7, 11) is 1.40. The third-order valence-electron chi connectivity index (χ3n) is 3.45. The van der Waals surface area contributed by atoms with Crippen molar-refractivity contribution < 1.29 is 19.1 Å². The number of aromatic amines is 1. The molecule has 0 aliphatic heterocycles. The SMILES string of the molecule is CCCCCOc1ccc2cc(C(=O)NNC(=O)COC)[nH]c2c1. The van der Waals surface area contributed by atoms with Gasteiger partial charge in [0.05, 0.1) is 6.61 Å². The van der Waals surface area contributed by atoms with Crippen LogP contribution in [0, 0.1) is 0 Å². The van der Waals surface area contributed by atoms with E-state index in [1.807, 2.05) is 18.2 Å². The summed E-state index contributed by atoms with van der Waals surface area (Å²) in [5, 5.41) is 0.893. The quantitative estimate of drug-likeness (QED) is 0.510. The van der Waals surface area contributed by atoms with E-state index in [0.29, 0.717) is 12.3 Å². The van der Waals surface area contributed by atoms with E-state index in [4.69, 9.17) is 4.74 Å². The minimum atomic E-state index is -0.430. The predicted molar refractivity (Wildman–Crippen MR) is 90.8 cm³/mol. The minimum absolute atomic E-state index is 0.119. The van der Waals surface area contributed by atoms with Crippen molar-refractivity contribution in [3.05, 3.63) is 30.0 Å². The van der Waals surface area contributed by atoms with Crippen LogP contribution in [0.25, 0.3) is 10.9 Å². The molecule has 0 unspecified atom stereocenters. The highest BCUT2D eigenvalue weighted by Gasteiger charge is 2.11. The molecule has 1 aromatic carbocycles. The van der Waals surface area contributed by atoms with Gasteiger partial charge in [-0.15, -0.1) is 0 Å².